The van der Waals surface area contributed by atoms with Gasteiger partial charge in [0.25, 0.3) is 0 Å². The van der Waals surface area contributed by atoms with Gasteiger partial charge in [0, 0.05) is 17.1 Å². The minimum absolute atomic E-state index is 0.0923. The monoisotopic (exact) mass is 727 g/mol. The smallest absolute Gasteiger partial charge is 0.0645 e. The fraction of sp³-hybridized carbons (Fsp3) is 0. The fourth-order valence-corrected chi connectivity index (χ4v) is 8.51. The summed E-state index contributed by atoms with van der Waals surface area (Å²) in [7, 11) is 0. The van der Waals surface area contributed by atoms with Crippen LogP contribution < -0.4 is 4.90 Å². The minimum Gasteiger partial charge on any atom is -0.310 e. The SMILES string of the molecule is [2H]c1c([2H])c(N(c2cccc(-c3cc4ccccc4c4ccccc34)c2)c2ccc3ccc(-c4ccccc4)cc3c2)c([2H])c([2H])c1-c1cc2ccccc2c2ccccc12. The van der Waals surface area contributed by atoms with Crippen molar-refractivity contribution in [2.45, 2.75) is 0 Å². The van der Waals surface area contributed by atoms with Crippen LogP contribution in [0.3, 0.4) is 0 Å². The third kappa shape index (κ3) is 5.80. The Kier molecular flexibility index (Phi) is 6.93. The summed E-state index contributed by atoms with van der Waals surface area (Å²) in [6, 6.07) is 68.0. The highest BCUT2D eigenvalue weighted by atomic mass is 15.1. The lowest BCUT2D eigenvalue weighted by atomic mass is 9.92. The summed E-state index contributed by atoms with van der Waals surface area (Å²) >= 11 is 0. The van der Waals surface area contributed by atoms with E-state index in [0.29, 0.717) is 5.56 Å². The standard InChI is InChI=1S/C56H37N/c1-2-13-38(14-3-1)41-26-25-39-27-32-48(35-45(39)33-41)57(46-30-28-40(29-31-46)55-36-43-15-4-6-19-49(43)51-21-8-10-23-53(51)55)47-18-12-17-42(34-47)56-37-44-16-5-7-20-50(44)52-22-9-11-24-54(52)56/h1-37H/i28D,29D,30D,31D. The largest absolute Gasteiger partial charge is 0.310 e. The van der Waals surface area contributed by atoms with Gasteiger partial charge >= 0.3 is 0 Å². The Balaban J connectivity index is 1.16. The fourth-order valence-electron chi connectivity index (χ4n) is 8.51. The first-order valence-corrected chi connectivity index (χ1v) is 19.3. The molecule has 0 atom stereocenters. The molecular formula is C56H37N. The predicted molar refractivity (Wildman–Crippen MR) is 245 cm³/mol. The van der Waals surface area contributed by atoms with Gasteiger partial charge in [-0.3, -0.25) is 0 Å². The van der Waals surface area contributed by atoms with Crippen molar-refractivity contribution in [1.29, 1.82) is 0 Å². The van der Waals surface area contributed by atoms with E-state index in [1.54, 1.807) is 0 Å². The normalized spacial score (nSPS) is 12.5. The molecule has 0 amide bonds. The van der Waals surface area contributed by atoms with Crippen LogP contribution in [0.5, 0.6) is 0 Å². The van der Waals surface area contributed by atoms with Crippen LogP contribution in [-0.2, 0) is 0 Å². The highest BCUT2D eigenvalue weighted by molar-refractivity contribution is 6.15. The van der Waals surface area contributed by atoms with Crippen molar-refractivity contribution in [2.24, 2.45) is 0 Å². The van der Waals surface area contributed by atoms with Gasteiger partial charge < -0.3 is 4.90 Å². The zero-order chi connectivity index (χ0) is 41.2. The molecule has 0 saturated heterocycles. The minimum atomic E-state index is -0.118. The van der Waals surface area contributed by atoms with Crippen molar-refractivity contribution in [3.8, 4) is 33.4 Å². The predicted octanol–water partition coefficient (Wildman–Crippen LogP) is 15.9. The van der Waals surface area contributed by atoms with E-state index >= 15 is 0 Å². The first kappa shape index (κ1) is 28.9. The van der Waals surface area contributed by atoms with E-state index in [1.807, 2.05) is 83.8 Å². The second-order valence-electron chi connectivity index (χ2n) is 14.6. The average Bonchev–Trinajstić information content (AvgIpc) is 3.32. The molecule has 0 fully saturated rings. The van der Waals surface area contributed by atoms with Crippen molar-refractivity contribution < 1.29 is 5.48 Å². The van der Waals surface area contributed by atoms with Crippen molar-refractivity contribution in [3.05, 3.63) is 224 Å². The number of benzene rings is 11. The van der Waals surface area contributed by atoms with Gasteiger partial charge in [-0.15, -0.1) is 0 Å². The molecule has 0 spiro atoms. The maximum Gasteiger partial charge on any atom is 0.0645 e. The summed E-state index contributed by atoms with van der Waals surface area (Å²) < 4.78 is 39.0. The molecule has 0 bridgehead atoms. The van der Waals surface area contributed by atoms with E-state index in [2.05, 4.69) is 121 Å². The molecule has 0 N–H and O–H groups in total. The Labute approximate surface area is 338 Å². The zero-order valence-electron chi connectivity index (χ0n) is 35.0. The lowest BCUT2D eigenvalue weighted by Crippen LogP contribution is -2.10. The third-order valence-corrected chi connectivity index (χ3v) is 11.2. The molecule has 1 nitrogen and oxygen atoms in total. The van der Waals surface area contributed by atoms with Crippen LogP contribution in [0.1, 0.15) is 5.48 Å². The van der Waals surface area contributed by atoms with Gasteiger partial charge in [0.15, 0.2) is 0 Å². The van der Waals surface area contributed by atoms with Crippen LogP contribution in [0.15, 0.2) is 224 Å². The molecule has 57 heavy (non-hydrogen) atoms. The van der Waals surface area contributed by atoms with E-state index in [4.69, 9.17) is 0 Å². The molecule has 0 aliphatic rings. The topological polar surface area (TPSA) is 3.24 Å². The van der Waals surface area contributed by atoms with E-state index in [1.165, 1.54) is 5.39 Å². The Morgan fingerprint density at radius 3 is 1.46 bits per heavy atom. The summed E-state index contributed by atoms with van der Waals surface area (Å²) in [6.45, 7) is 0. The molecule has 0 heterocycles. The number of fused-ring (bicyclic) bond motifs is 7. The number of hydrogen-bond donors (Lipinski definition) is 0. The van der Waals surface area contributed by atoms with Gasteiger partial charge in [0.1, 0.15) is 0 Å². The van der Waals surface area contributed by atoms with Crippen LogP contribution in [0.4, 0.5) is 17.1 Å². The average molecular weight is 728 g/mol. The van der Waals surface area contributed by atoms with E-state index in [-0.39, 0.29) is 35.4 Å². The van der Waals surface area contributed by atoms with Crippen LogP contribution >= 0.6 is 0 Å². The quantitative estimate of drug-likeness (QED) is 0.154. The highest BCUT2D eigenvalue weighted by Gasteiger charge is 2.17. The van der Waals surface area contributed by atoms with E-state index < -0.39 is 0 Å². The maximum absolute atomic E-state index is 9.82. The maximum atomic E-state index is 9.82. The Morgan fingerprint density at radius 1 is 0.263 bits per heavy atom. The van der Waals surface area contributed by atoms with Gasteiger partial charge in [0.2, 0.25) is 0 Å². The molecule has 11 aromatic carbocycles. The summed E-state index contributed by atoms with van der Waals surface area (Å²) in [5.74, 6) is 0. The number of anilines is 3. The van der Waals surface area contributed by atoms with Gasteiger partial charge in [-0.05, 0) is 142 Å². The lowest BCUT2D eigenvalue weighted by molar-refractivity contribution is 1.29. The van der Waals surface area contributed by atoms with Gasteiger partial charge in [-0.25, -0.2) is 0 Å². The zero-order valence-corrected chi connectivity index (χ0v) is 31.0. The summed E-state index contributed by atoms with van der Waals surface area (Å²) in [5.41, 5.74) is 6.82. The first-order valence-electron chi connectivity index (χ1n) is 21.3. The Morgan fingerprint density at radius 2 is 0.789 bits per heavy atom. The molecular weight excluding hydrogens is 687 g/mol. The second-order valence-corrected chi connectivity index (χ2v) is 14.6. The third-order valence-electron chi connectivity index (χ3n) is 11.2. The van der Waals surface area contributed by atoms with Crippen LogP contribution in [-0.4, -0.2) is 0 Å². The van der Waals surface area contributed by atoms with Crippen LogP contribution in [0.25, 0.3) is 87.2 Å². The summed E-state index contributed by atoms with van der Waals surface area (Å²) in [6.07, 6.45) is 0. The molecule has 0 aromatic heterocycles. The molecule has 0 aliphatic carbocycles. The molecule has 11 aromatic rings. The Bertz CT molecular complexity index is 3510. The molecule has 0 radical (unpaired) electrons. The molecule has 0 unspecified atom stereocenters. The second kappa shape index (κ2) is 13.7. The molecule has 0 saturated carbocycles. The number of hydrogen-bond acceptors (Lipinski definition) is 1. The summed E-state index contributed by atoms with van der Waals surface area (Å²) in [5, 5.41) is 10.6. The Hall–Kier alpha value is -7.48. The molecule has 0 aliphatic heterocycles. The van der Waals surface area contributed by atoms with Crippen LogP contribution in [0, 0.1) is 0 Å². The molecule has 11 rings (SSSR count). The van der Waals surface area contributed by atoms with Crippen molar-refractivity contribution >= 4 is 70.9 Å². The molecule has 1 heteroatoms. The van der Waals surface area contributed by atoms with Crippen LogP contribution in [0.2, 0.25) is 0 Å². The van der Waals surface area contributed by atoms with E-state index in [9.17, 15) is 5.48 Å². The van der Waals surface area contributed by atoms with Crippen molar-refractivity contribution in [1.82, 2.24) is 0 Å². The highest BCUT2D eigenvalue weighted by Crippen LogP contribution is 2.42. The van der Waals surface area contributed by atoms with Crippen molar-refractivity contribution in [3.63, 3.8) is 0 Å². The lowest BCUT2D eigenvalue weighted by Gasteiger charge is -2.27. The number of rotatable bonds is 6. The number of nitrogens with zero attached hydrogens (tertiary/aromatic N) is 1. The van der Waals surface area contributed by atoms with Gasteiger partial charge in [-0.1, -0.05) is 170 Å². The van der Waals surface area contributed by atoms with Crippen molar-refractivity contribution in [2.75, 3.05) is 4.90 Å². The van der Waals surface area contributed by atoms with Gasteiger partial charge in [-0.2, -0.15) is 0 Å². The van der Waals surface area contributed by atoms with E-state index in [0.717, 1.165) is 82.1 Å². The summed E-state index contributed by atoms with van der Waals surface area (Å²) in [4.78, 5) is 1.91. The van der Waals surface area contributed by atoms with Gasteiger partial charge in [0.05, 0.1) is 5.48 Å². The first-order chi connectivity index (χ1) is 29.9. The molecule has 266 valence electrons.